The molecule has 0 aliphatic heterocycles. The molecule has 0 atom stereocenters. The van der Waals surface area contributed by atoms with Crippen molar-refractivity contribution in [2.24, 2.45) is 14.1 Å². The SMILES string of the molecule is Cn1ccnc1CNC(=O)c1cc2cc(Cl)ccc2n1C. The molecule has 21 heavy (non-hydrogen) atoms. The van der Waals surface area contributed by atoms with E-state index in [1.807, 2.05) is 53.7 Å². The van der Waals surface area contributed by atoms with E-state index in [9.17, 15) is 4.79 Å². The number of rotatable bonds is 3. The van der Waals surface area contributed by atoms with Crippen molar-refractivity contribution in [3.05, 3.63) is 53.2 Å². The van der Waals surface area contributed by atoms with Crippen molar-refractivity contribution in [1.82, 2.24) is 19.4 Å². The quantitative estimate of drug-likeness (QED) is 0.808. The number of imidazole rings is 1. The van der Waals surface area contributed by atoms with E-state index in [2.05, 4.69) is 10.3 Å². The van der Waals surface area contributed by atoms with Gasteiger partial charge in [-0.2, -0.15) is 0 Å². The van der Waals surface area contributed by atoms with Crippen molar-refractivity contribution < 1.29 is 4.79 Å². The summed E-state index contributed by atoms with van der Waals surface area (Å²) in [6, 6.07) is 7.42. The Morgan fingerprint density at radius 1 is 1.33 bits per heavy atom. The van der Waals surface area contributed by atoms with E-state index < -0.39 is 0 Å². The molecule has 0 aliphatic carbocycles. The molecule has 0 saturated carbocycles. The van der Waals surface area contributed by atoms with Gasteiger partial charge in [-0.15, -0.1) is 0 Å². The van der Waals surface area contributed by atoms with Crippen LogP contribution in [0.15, 0.2) is 36.7 Å². The summed E-state index contributed by atoms with van der Waals surface area (Å²) in [4.78, 5) is 16.5. The van der Waals surface area contributed by atoms with Gasteiger partial charge in [0.15, 0.2) is 0 Å². The van der Waals surface area contributed by atoms with Crippen molar-refractivity contribution in [2.45, 2.75) is 6.54 Å². The topological polar surface area (TPSA) is 51.9 Å². The number of aromatic nitrogens is 3. The Morgan fingerprint density at radius 3 is 2.86 bits per heavy atom. The molecule has 108 valence electrons. The number of hydrogen-bond acceptors (Lipinski definition) is 2. The van der Waals surface area contributed by atoms with Crippen LogP contribution in [0.1, 0.15) is 16.3 Å². The minimum Gasteiger partial charge on any atom is -0.344 e. The lowest BCUT2D eigenvalue weighted by Crippen LogP contribution is -2.26. The van der Waals surface area contributed by atoms with Gasteiger partial charge in [-0.25, -0.2) is 4.98 Å². The van der Waals surface area contributed by atoms with Crippen LogP contribution in [0.2, 0.25) is 5.02 Å². The molecule has 1 aromatic carbocycles. The number of halogens is 1. The maximum Gasteiger partial charge on any atom is 0.268 e. The fourth-order valence-corrected chi connectivity index (χ4v) is 2.54. The number of aryl methyl sites for hydroxylation is 2. The molecule has 1 amide bonds. The summed E-state index contributed by atoms with van der Waals surface area (Å²) < 4.78 is 3.74. The van der Waals surface area contributed by atoms with E-state index in [-0.39, 0.29) is 5.91 Å². The maximum atomic E-state index is 12.3. The number of carbonyl (C=O) groups is 1. The van der Waals surface area contributed by atoms with E-state index in [4.69, 9.17) is 11.6 Å². The summed E-state index contributed by atoms with van der Waals surface area (Å²) in [6.07, 6.45) is 3.56. The largest absolute Gasteiger partial charge is 0.344 e. The molecule has 3 aromatic rings. The number of nitrogens with one attached hydrogen (secondary N) is 1. The zero-order chi connectivity index (χ0) is 15.0. The molecule has 0 unspecified atom stereocenters. The zero-order valence-corrected chi connectivity index (χ0v) is 12.6. The highest BCUT2D eigenvalue weighted by atomic mass is 35.5. The first kappa shape index (κ1) is 13.7. The van der Waals surface area contributed by atoms with Crippen LogP contribution in [-0.2, 0) is 20.6 Å². The molecule has 1 N–H and O–H groups in total. The molecule has 0 saturated heterocycles. The summed E-state index contributed by atoms with van der Waals surface area (Å²) in [5, 5.41) is 4.49. The van der Waals surface area contributed by atoms with Gasteiger partial charge < -0.3 is 14.5 Å². The van der Waals surface area contributed by atoms with Crippen LogP contribution in [-0.4, -0.2) is 20.0 Å². The summed E-state index contributed by atoms with van der Waals surface area (Å²) in [5.74, 6) is 0.679. The van der Waals surface area contributed by atoms with Crippen LogP contribution in [0.3, 0.4) is 0 Å². The van der Waals surface area contributed by atoms with Crippen LogP contribution >= 0.6 is 11.6 Å². The molecule has 0 bridgehead atoms. The Balaban J connectivity index is 1.84. The highest BCUT2D eigenvalue weighted by Crippen LogP contribution is 2.22. The minimum absolute atomic E-state index is 0.132. The van der Waals surface area contributed by atoms with Gasteiger partial charge in [0.2, 0.25) is 0 Å². The fourth-order valence-electron chi connectivity index (χ4n) is 2.35. The van der Waals surface area contributed by atoms with Gasteiger partial charge in [0, 0.05) is 42.4 Å². The third kappa shape index (κ3) is 2.52. The van der Waals surface area contributed by atoms with Crippen molar-refractivity contribution in [3.8, 4) is 0 Å². The number of hydrogen-bond donors (Lipinski definition) is 1. The van der Waals surface area contributed by atoms with Crippen LogP contribution in [0.4, 0.5) is 0 Å². The highest BCUT2D eigenvalue weighted by molar-refractivity contribution is 6.31. The summed E-state index contributed by atoms with van der Waals surface area (Å²) in [7, 11) is 3.76. The second kappa shape index (κ2) is 5.26. The van der Waals surface area contributed by atoms with Crippen LogP contribution in [0, 0.1) is 0 Å². The van der Waals surface area contributed by atoms with Crippen molar-refractivity contribution in [2.75, 3.05) is 0 Å². The standard InChI is InChI=1S/C15H15ClN4O/c1-19-6-5-17-14(19)9-18-15(21)13-8-10-7-11(16)3-4-12(10)20(13)2/h3-8H,9H2,1-2H3,(H,18,21). The average molecular weight is 303 g/mol. The Bertz CT molecular complexity index is 818. The van der Waals surface area contributed by atoms with Crippen molar-refractivity contribution in [1.29, 1.82) is 0 Å². The third-order valence-corrected chi connectivity index (χ3v) is 3.80. The Hall–Kier alpha value is -2.27. The molecule has 0 fully saturated rings. The lowest BCUT2D eigenvalue weighted by Gasteiger charge is -2.06. The van der Waals surface area contributed by atoms with Gasteiger partial charge in [-0.3, -0.25) is 4.79 Å². The van der Waals surface area contributed by atoms with Gasteiger partial charge in [-0.1, -0.05) is 11.6 Å². The first-order valence-electron chi connectivity index (χ1n) is 6.55. The van der Waals surface area contributed by atoms with E-state index in [1.54, 1.807) is 6.20 Å². The van der Waals surface area contributed by atoms with Gasteiger partial charge in [0.05, 0.1) is 6.54 Å². The maximum absolute atomic E-state index is 12.3. The van der Waals surface area contributed by atoms with E-state index in [0.717, 1.165) is 16.7 Å². The average Bonchev–Trinajstić information content (AvgIpc) is 3.00. The van der Waals surface area contributed by atoms with Crippen LogP contribution in [0.5, 0.6) is 0 Å². The van der Waals surface area contributed by atoms with Gasteiger partial charge in [-0.05, 0) is 24.3 Å². The zero-order valence-electron chi connectivity index (χ0n) is 11.8. The van der Waals surface area contributed by atoms with Crippen LogP contribution < -0.4 is 5.32 Å². The van der Waals surface area contributed by atoms with Crippen molar-refractivity contribution >= 4 is 28.4 Å². The first-order chi connectivity index (χ1) is 10.1. The molecular formula is C15H15ClN4O. The summed E-state index contributed by atoms with van der Waals surface area (Å²) in [6.45, 7) is 0.393. The second-order valence-electron chi connectivity index (χ2n) is 4.93. The first-order valence-corrected chi connectivity index (χ1v) is 6.93. The van der Waals surface area contributed by atoms with E-state index in [0.29, 0.717) is 17.3 Å². The Labute approximate surface area is 127 Å². The summed E-state index contributed by atoms with van der Waals surface area (Å²) >= 11 is 5.99. The normalized spacial score (nSPS) is 11.0. The highest BCUT2D eigenvalue weighted by Gasteiger charge is 2.13. The summed E-state index contributed by atoms with van der Waals surface area (Å²) in [5.41, 5.74) is 1.57. The van der Waals surface area contributed by atoms with E-state index in [1.165, 1.54) is 0 Å². The van der Waals surface area contributed by atoms with Gasteiger partial charge in [0.1, 0.15) is 11.5 Å². The molecule has 2 heterocycles. The predicted octanol–water partition coefficient (Wildman–Crippen LogP) is 2.50. The minimum atomic E-state index is -0.132. The number of nitrogens with zero attached hydrogens (tertiary/aromatic N) is 3. The van der Waals surface area contributed by atoms with Gasteiger partial charge >= 0.3 is 0 Å². The number of benzene rings is 1. The number of fused-ring (bicyclic) bond motifs is 1. The monoisotopic (exact) mass is 302 g/mol. The fraction of sp³-hybridized carbons (Fsp3) is 0.200. The predicted molar refractivity (Wildman–Crippen MR) is 82.3 cm³/mol. The molecule has 2 aromatic heterocycles. The van der Waals surface area contributed by atoms with Crippen LogP contribution in [0.25, 0.3) is 10.9 Å². The number of carbonyl (C=O) groups excluding carboxylic acids is 1. The second-order valence-corrected chi connectivity index (χ2v) is 5.37. The molecule has 0 radical (unpaired) electrons. The lowest BCUT2D eigenvalue weighted by atomic mass is 10.2. The van der Waals surface area contributed by atoms with E-state index >= 15 is 0 Å². The number of amides is 1. The third-order valence-electron chi connectivity index (χ3n) is 3.57. The van der Waals surface area contributed by atoms with Gasteiger partial charge in [0.25, 0.3) is 5.91 Å². The molecular weight excluding hydrogens is 288 g/mol. The molecule has 6 heteroatoms. The molecule has 0 aliphatic rings. The van der Waals surface area contributed by atoms with Crippen molar-refractivity contribution in [3.63, 3.8) is 0 Å². The molecule has 0 spiro atoms. The molecule has 5 nitrogen and oxygen atoms in total. The lowest BCUT2D eigenvalue weighted by molar-refractivity contribution is 0.0942. The Kier molecular flexibility index (Phi) is 3.43. The smallest absolute Gasteiger partial charge is 0.268 e. The molecule has 3 rings (SSSR count). The Morgan fingerprint density at radius 2 is 2.14 bits per heavy atom.